The van der Waals surface area contributed by atoms with Gasteiger partial charge in [-0.15, -0.1) is 0 Å². The molecule has 0 spiro atoms. The predicted molar refractivity (Wildman–Crippen MR) is 135 cm³/mol. The van der Waals surface area contributed by atoms with Gasteiger partial charge >= 0.3 is 13.8 Å². The van der Waals surface area contributed by atoms with Crippen molar-refractivity contribution in [2.24, 2.45) is 0 Å². The number of rotatable bonds is 10. The lowest BCUT2D eigenvalue weighted by Gasteiger charge is -2.32. The van der Waals surface area contributed by atoms with Gasteiger partial charge in [0.2, 0.25) is 0 Å². The normalized spacial score (nSPS) is 12.1. The smallest absolute Gasteiger partial charge is 0.425 e. The van der Waals surface area contributed by atoms with Crippen molar-refractivity contribution >= 4 is 24.8 Å². The molecule has 1 heterocycles. The summed E-state index contributed by atoms with van der Waals surface area (Å²) in [5.41, 5.74) is 3.05. The molecule has 3 aromatic carbocycles. The third-order valence-electron chi connectivity index (χ3n) is 5.44. The Labute approximate surface area is 218 Å². The summed E-state index contributed by atoms with van der Waals surface area (Å²) in [6.45, 7) is -0.596. The van der Waals surface area contributed by atoms with Crippen molar-refractivity contribution in [3.63, 3.8) is 0 Å². The molecule has 194 valence electrons. The number of fused-ring (bicyclic) bond motifs is 2. The molecule has 0 saturated carbocycles. The van der Waals surface area contributed by atoms with E-state index < -0.39 is 25.4 Å². The zero-order valence-corrected chi connectivity index (χ0v) is 21.2. The van der Waals surface area contributed by atoms with E-state index in [2.05, 4.69) is 0 Å². The highest BCUT2D eigenvalue weighted by Crippen LogP contribution is 2.55. The molecule has 8 nitrogen and oxygen atoms in total. The van der Waals surface area contributed by atoms with Crippen molar-refractivity contribution in [1.29, 1.82) is 10.5 Å². The Hall–Kier alpha value is -4.21. The molecule has 0 aromatic heterocycles. The predicted octanol–water partition coefficient (Wildman–Crippen LogP) is 6.83. The number of hydrogen-bond donors (Lipinski definition) is 0. The van der Waals surface area contributed by atoms with E-state index in [-0.39, 0.29) is 31.8 Å². The molecule has 0 atom stereocenters. The van der Waals surface area contributed by atoms with Crippen LogP contribution in [0.3, 0.4) is 0 Å². The Balaban J connectivity index is 1.92. The Bertz CT molecular complexity index is 1400. The summed E-state index contributed by atoms with van der Waals surface area (Å²) in [5, 5.41) is 17.8. The summed E-state index contributed by atoms with van der Waals surface area (Å²) in [5.74, 6) is -2.46. The molecule has 1 aliphatic heterocycles. The Morgan fingerprint density at radius 3 is 1.87 bits per heavy atom. The van der Waals surface area contributed by atoms with Gasteiger partial charge in [0.25, 0.3) is 0 Å². The Morgan fingerprint density at radius 1 is 0.868 bits per heavy atom. The van der Waals surface area contributed by atoms with Crippen LogP contribution in [0.4, 0.5) is 20.2 Å². The lowest BCUT2D eigenvalue weighted by molar-refractivity contribution is 0.107. The number of halogens is 2. The summed E-state index contributed by atoms with van der Waals surface area (Å²) < 4.78 is 64.1. The van der Waals surface area contributed by atoms with E-state index in [4.69, 9.17) is 28.8 Å². The molecule has 4 rings (SSSR count). The SMILES string of the molecule is CN1c2ccccc2C(=C(Oc2cc(F)cc(F)c2)OP(=O)(OCCC#N)OCCC#N)c2ccccc21. The van der Waals surface area contributed by atoms with Gasteiger partial charge in [0.1, 0.15) is 17.4 Å². The van der Waals surface area contributed by atoms with Gasteiger partial charge in [-0.25, -0.2) is 13.3 Å². The molecular weight excluding hydrogens is 515 g/mol. The summed E-state index contributed by atoms with van der Waals surface area (Å²) in [7, 11) is -2.61. The molecule has 38 heavy (non-hydrogen) atoms. The number of hydrogen-bond acceptors (Lipinski definition) is 8. The average Bonchev–Trinajstić information content (AvgIpc) is 2.89. The number of nitriles is 2. The van der Waals surface area contributed by atoms with Crippen molar-refractivity contribution in [2.75, 3.05) is 25.2 Å². The summed E-state index contributed by atoms with van der Waals surface area (Å²) >= 11 is 0. The molecular formula is C27H22F2N3O5P. The third kappa shape index (κ3) is 6.01. The minimum absolute atomic E-state index is 0.118. The summed E-state index contributed by atoms with van der Waals surface area (Å²) in [6.07, 6.45) is -0.236. The Kier molecular flexibility index (Phi) is 8.40. The molecule has 3 aromatic rings. The highest BCUT2D eigenvalue weighted by Gasteiger charge is 2.35. The first-order valence-electron chi connectivity index (χ1n) is 11.5. The first kappa shape index (κ1) is 26.8. The van der Waals surface area contributed by atoms with Gasteiger partial charge in [0.05, 0.1) is 43.8 Å². The van der Waals surface area contributed by atoms with Gasteiger partial charge in [-0.3, -0.25) is 9.05 Å². The fraction of sp³-hybridized carbons (Fsp3) is 0.185. The van der Waals surface area contributed by atoms with Gasteiger partial charge < -0.3 is 14.2 Å². The van der Waals surface area contributed by atoms with Crippen LogP contribution in [0.1, 0.15) is 24.0 Å². The van der Waals surface area contributed by atoms with Gasteiger partial charge in [-0.1, -0.05) is 36.4 Å². The highest BCUT2D eigenvalue weighted by atomic mass is 31.2. The van der Waals surface area contributed by atoms with Crippen LogP contribution in [0.25, 0.3) is 5.57 Å². The topological polar surface area (TPSA) is 105 Å². The second-order valence-electron chi connectivity index (χ2n) is 7.98. The third-order valence-corrected chi connectivity index (χ3v) is 6.83. The zero-order valence-electron chi connectivity index (χ0n) is 20.3. The van der Waals surface area contributed by atoms with E-state index in [0.717, 1.165) is 23.5 Å². The van der Waals surface area contributed by atoms with Crippen LogP contribution >= 0.6 is 7.82 Å². The van der Waals surface area contributed by atoms with Crippen molar-refractivity contribution in [3.8, 4) is 17.9 Å². The molecule has 0 bridgehead atoms. The highest BCUT2D eigenvalue weighted by molar-refractivity contribution is 7.48. The zero-order chi connectivity index (χ0) is 27.1. The number of anilines is 2. The van der Waals surface area contributed by atoms with E-state index in [1.807, 2.05) is 48.4 Å². The van der Waals surface area contributed by atoms with Crippen molar-refractivity contribution < 1.29 is 31.7 Å². The minimum atomic E-state index is -4.49. The molecule has 0 saturated heterocycles. The average molecular weight is 537 g/mol. The number of para-hydroxylation sites is 2. The largest absolute Gasteiger partial charge is 0.532 e. The van der Waals surface area contributed by atoms with Crippen molar-refractivity contribution in [3.05, 3.63) is 95.4 Å². The lowest BCUT2D eigenvalue weighted by atomic mass is 9.91. The number of nitrogens with zero attached hydrogens (tertiary/aromatic N) is 3. The molecule has 11 heteroatoms. The van der Waals surface area contributed by atoms with Crippen LogP contribution in [0.15, 0.2) is 72.7 Å². The van der Waals surface area contributed by atoms with E-state index in [1.54, 1.807) is 24.3 Å². The van der Waals surface area contributed by atoms with Crippen molar-refractivity contribution in [1.82, 2.24) is 0 Å². The van der Waals surface area contributed by atoms with Crippen molar-refractivity contribution in [2.45, 2.75) is 12.8 Å². The van der Waals surface area contributed by atoms with Gasteiger partial charge in [0, 0.05) is 47.7 Å². The van der Waals surface area contributed by atoms with Gasteiger partial charge in [-0.2, -0.15) is 10.5 Å². The maximum absolute atomic E-state index is 14.0. The second-order valence-corrected chi connectivity index (χ2v) is 9.58. The molecule has 0 aliphatic carbocycles. The molecule has 0 amide bonds. The van der Waals surface area contributed by atoms with Crippen LogP contribution in [-0.4, -0.2) is 20.3 Å². The number of phosphoric acid groups is 1. The minimum Gasteiger partial charge on any atom is -0.425 e. The molecule has 1 aliphatic rings. The molecule has 0 radical (unpaired) electrons. The van der Waals surface area contributed by atoms with E-state index in [0.29, 0.717) is 22.8 Å². The van der Waals surface area contributed by atoms with E-state index in [1.165, 1.54) is 0 Å². The molecule has 0 fully saturated rings. The maximum atomic E-state index is 14.0. The second kappa shape index (κ2) is 11.9. The van der Waals surface area contributed by atoms with Crippen LogP contribution in [-0.2, 0) is 18.1 Å². The number of phosphoric ester groups is 1. The fourth-order valence-electron chi connectivity index (χ4n) is 3.86. The van der Waals surface area contributed by atoms with Crippen LogP contribution in [0.2, 0.25) is 0 Å². The van der Waals surface area contributed by atoms with E-state index in [9.17, 15) is 13.3 Å². The monoisotopic (exact) mass is 537 g/mol. The van der Waals surface area contributed by atoms with Crippen LogP contribution < -0.4 is 9.64 Å². The Morgan fingerprint density at radius 2 is 1.37 bits per heavy atom. The van der Waals surface area contributed by atoms with Crippen LogP contribution in [0, 0.1) is 34.3 Å². The molecule has 0 unspecified atom stereocenters. The summed E-state index contributed by atoms with van der Waals surface area (Å²) in [4.78, 5) is 1.94. The molecule has 0 N–H and O–H groups in total. The first-order chi connectivity index (χ1) is 18.3. The van der Waals surface area contributed by atoms with Gasteiger partial charge in [-0.05, 0) is 12.1 Å². The lowest BCUT2D eigenvalue weighted by Crippen LogP contribution is -2.20. The summed E-state index contributed by atoms with van der Waals surface area (Å²) in [6, 6.07) is 20.8. The number of ether oxygens (including phenoxy) is 1. The standard InChI is InChI=1S/C27H22F2N3O5P/c1-32-24-10-4-2-8-22(24)26(23-9-3-5-11-25(23)32)27(36-21-17-19(28)16-20(29)18-21)37-38(33,34-14-6-12-30)35-15-7-13-31/h2-5,8-11,16-18H,6-7,14-15H2,1H3. The fourth-order valence-corrected chi connectivity index (χ4v) is 5.00. The van der Waals surface area contributed by atoms with Crippen LogP contribution in [0.5, 0.6) is 5.75 Å². The van der Waals surface area contributed by atoms with Gasteiger partial charge in [0.15, 0.2) is 0 Å². The maximum Gasteiger partial charge on any atom is 0.532 e. The quantitative estimate of drug-likeness (QED) is 0.158. The first-order valence-corrected chi connectivity index (χ1v) is 12.9. The van der Waals surface area contributed by atoms with E-state index >= 15 is 0 Å². The number of benzene rings is 3.